The fourth-order valence-corrected chi connectivity index (χ4v) is 4.60. The smallest absolute Gasteiger partial charge is 0.242 e. The number of carbonyl (C=O) groups is 2. The summed E-state index contributed by atoms with van der Waals surface area (Å²) in [5, 5.41) is 2.82. The van der Waals surface area contributed by atoms with Gasteiger partial charge in [-0.2, -0.15) is 4.31 Å². The molecule has 0 aliphatic heterocycles. The van der Waals surface area contributed by atoms with E-state index in [1.807, 2.05) is 24.3 Å². The number of hydrogen-bond donors (Lipinski definition) is 1. The van der Waals surface area contributed by atoms with Crippen LogP contribution in [0.2, 0.25) is 0 Å². The highest BCUT2D eigenvalue weighted by Crippen LogP contribution is 2.18. The average Bonchev–Trinajstić information content (AvgIpc) is 2.90. The summed E-state index contributed by atoms with van der Waals surface area (Å²) in [4.78, 5) is 28.0. The Morgan fingerprint density at radius 3 is 2.16 bits per heavy atom. The molecule has 10 heteroatoms. The number of rotatable bonds is 12. The normalized spacial score (nSPS) is 12.1. The average molecular weight is 542 g/mol. The van der Waals surface area contributed by atoms with Gasteiger partial charge in [0.2, 0.25) is 21.8 Å². The van der Waals surface area contributed by atoms with E-state index in [1.165, 1.54) is 36.3 Å². The SMILES string of the molecule is COc1ccccc1CNC(=O)[C@H](C)N(Cc1ccc(F)cc1)C(=O)CN(Cc1ccccc1)S(C)(=O)=O. The number of ether oxygens (including phenoxy) is 1. The molecule has 3 aromatic rings. The minimum atomic E-state index is -3.75. The molecule has 202 valence electrons. The van der Waals surface area contributed by atoms with Crippen LogP contribution in [0.15, 0.2) is 78.9 Å². The van der Waals surface area contributed by atoms with Crippen LogP contribution in [0.4, 0.5) is 4.39 Å². The summed E-state index contributed by atoms with van der Waals surface area (Å²) in [5.74, 6) is -0.805. The van der Waals surface area contributed by atoms with Crippen LogP contribution in [0.5, 0.6) is 5.75 Å². The van der Waals surface area contributed by atoms with E-state index in [0.29, 0.717) is 11.3 Å². The summed E-state index contributed by atoms with van der Waals surface area (Å²) in [6.07, 6.45) is 1.04. The number of benzene rings is 3. The molecule has 0 aliphatic carbocycles. The molecule has 0 radical (unpaired) electrons. The first-order valence-electron chi connectivity index (χ1n) is 12.0. The maximum Gasteiger partial charge on any atom is 0.242 e. The van der Waals surface area contributed by atoms with Crippen molar-refractivity contribution in [3.8, 4) is 5.75 Å². The summed E-state index contributed by atoms with van der Waals surface area (Å²) >= 11 is 0. The summed E-state index contributed by atoms with van der Waals surface area (Å²) in [6, 6.07) is 20.8. The van der Waals surface area contributed by atoms with E-state index < -0.39 is 40.2 Å². The van der Waals surface area contributed by atoms with Crippen molar-refractivity contribution >= 4 is 21.8 Å². The van der Waals surface area contributed by atoms with E-state index in [0.717, 1.165) is 21.7 Å². The predicted molar refractivity (Wildman–Crippen MR) is 143 cm³/mol. The summed E-state index contributed by atoms with van der Waals surface area (Å²) in [6.45, 7) is 1.28. The summed E-state index contributed by atoms with van der Waals surface area (Å²) < 4.78 is 44.9. The number of amides is 2. The number of halogens is 1. The van der Waals surface area contributed by atoms with Gasteiger partial charge in [-0.3, -0.25) is 9.59 Å². The van der Waals surface area contributed by atoms with Gasteiger partial charge in [0.1, 0.15) is 17.6 Å². The molecule has 0 unspecified atom stereocenters. The summed E-state index contributed by atoms with van der Waals surface area (Å²) in [7, 11) is -2.21. The van der Waals surface area contributed by atoms with Gasteiger partial charge in [-0.1, -0.05) is 60.7 Å². The molecule has 0 bridgehead atoms. The molecule has 0 spiro atoms. The van der Waals surface area contributed by atoms with Crippen molar-refractivity contribution in [2.75, 3.05) is 19.9 Å². The van der Waals surface area contributed by atoms with Crippen LogP contribution in [-0.4, -0.2) is 55.4 Å². The quantitative estimate of drug-likeness (QED) is 0.380. The van der Waals surface area contributed by atoms with Crippen LogP contribution >= 0.6 is 0 Å². The van der Waals surface area contributed by atoms with Gasteiger partial charge >= 0.3 is 0 Å². The third-order valence-corrected chi connectivity index (χ3v) is 7.26. The number of hydrogen-bond acceptors (Lipinski definition) is 5. The van der Waals surface area contributed by atoms with Crippen LogP contribution in [-0.2, 0) is 39.2 Å². The first-order chi connectivity index (χ1) is 18.1. The van der Waals surface area contributed by atoms with Gasteiger partial charge in [0, 0.05) is 25.2 Å². The van der Waals surface area contributed by atoms with Gasteiger partial charge in [-0.15, -0.1) is 0 Å². The Balaban J connectivity index is 1.81. The molecular weight excluding hydrogens is 509 g/mol. The fraction of sp³-hybridized carbons (Fsp3) is 0.286. The molecule has 38 heavy (non-hydrogen) atoms. The molecule has 0 saturated carbocycles. The zero-order valence-corrected chi connectivity index (χ0v) is 22.4. The molecule has 1 N–H and O–H groups in total. The topological polar surface area (TPSA) is 96.0 Å². The number of nitrogens with one attached hydrogen (secondary N) is 1. The number of sulfonamides is 1. The number of nitrogens with zero attached hydrogens (tertiary/aromatic N) is 2. The Labute approximate surface area is 223 Å². The molecule has 0 fully saturated rings. The molecule has 0 aliphatic rings. The highest BCUT2D eigenvalue weighted by atomic mass is 32.2. The molecule has 2 amide bonds. The van der Waals surface area contributed by atoms with E-state index in [2.05, 4.69) is 5.32 Å². The van der Waals surface area contributed by atoms with Gasteiger partial charge in [0.05, 0.1) is 19.9 Å². The second-order valence-electron chi connectivity index (χ2n) is 8.87. The van der Waals surface area contributed by atoms with Gasteiger partial charge in [0.25, 0.3) is 0 Å². The number of para-hydroxylation sites is 1. The first-order valence-corrected chi connectivity index (χ1v) is 13.9. The van der Waals surface area contributed by atoms with Gasteiger partial charge in [-0.05, 0) is 36.2 Å². The molecular formula is C28H32FN3O5S. The van der Waals surface area contributed by atoms with Gasteiger partial charge < -0.3 is 15.0 Å². The zero-order chi connectivity index (χ0) is 27.7. The highest BCUT2D eigenvalue weighted by molar-refractivity contribution is 7.88. The minimum Gasteiger partial charge on any atom is -0.496 e. The van der Waals surface area contributed by atoms with Crippen molar-refractivity contribution in [3.05, 3.63) is 101 Å². The lowest BCUT2D eigenvalue weighted by atomic mass is 10.1. The standard InChI is InChI=1S/C28H32FN3O5S/c1-21(28(34)30-17-24-11-7-8-12-26(24)37-2)32(19-23-13-15-25(29)16-14-23)27(33)20-31(38(3,35)36)18-22-9-5-4-6-10-22/h4-16,21H,17-20H2,1-3H3,(H,30,34)/t21-/m0/s1. The first kappa shape index (κ1) is 28.8. The lowest BCUT2D eigenvalue weighted by molar-refractivity contribution is -0.140. The minimum absolute atomic E-state index is 0.00415. The van der Waals surface area contributed by atoms with E-state index in [9.17, 15) is 22.4 Å². The Morgan fingerprint density at radius 2 is 1.53 bits per heavy atom. The lowest BCUT2D eigenvalue weighted by Crippen LogP contribution is -2.50. The van der Waals surface area contributed by atoms with Gasteiger partial charge in [0.15, 0.2) is 0 Å². The third-order valence-electron chi connectivity index (χ3n) is 6.06. The maximum atomic E-state index is 13.5. The van der Waals surface area contributed by atoms with E-state index in [4.69, 9.17) is 4.74 Å². The van der Waals surface area contributed by atoms with Crippen molar-refractivity contribution in [2.24, 2.45) is 0 Å². The van der Waals surface area contributed by atoms with Crippen molar-refractivity contribution < 1.29 is 27.1 Å². The second kappa shape index (κ2) is 13.2. The molecule has 0 saturated heterocycles. The van der Waals surface area contributed by atoms with E-state index in [-0.39, 0.29) is 19.6 Å². The largest absolute Gasteiger partial charge is 0.496 e. The molecule has 1 atom stereocenters. The van der Waals surface area contributed by atoms with Gasteiger partial charge in [-0.25, -0.2) is 12.8 Å². The Bertz CT molecular complexity index is 1330. The summed E-state index contributed by atoms with van der Waals surface area (Å²) in [5.41, 5.74) is 2.08. The van der Waals surface area contributed by atoms with Crippen molar-refractivity contribution in [1.82, 2.24) is 14.5 Å². The third kappa shape index (κ3) is 8.12. The monoisotopic (exact) mass is 541 g/mol. The number of carbonyl (C=O) groups excluding carboxylic acids is 2. The van der Waals surface area contributed by atoms with Crippen molar-refractivity contribution in [3.63, 3.8) is 0 Å². The molecule has 3 aromatic carbocycles. The molecule has 0 aromatic heterocycles. The van der Waals surface area contributed by atoms with Crippen LogP contribution in [0.1, 0.15) is 23.6 Å². The van der Waals surface area contributed by atoms with Crippen LogP contribution in [0.25, 0.3) is 0 Å². The predicted octanol–water partition coefficient (Wildman–Crippen LogP) is 3.33. The van der Waals surface area contributed by atoms with Crippen LogP contribution < -0.4 is 10.1 Å². The maximum absolute atomic E-state index is 13.5. The van der Waals surface area contributed by atoms with Crippen LogP contribution in [0, 0.1) is 5.82 Å². The van der Waals surface area contributed by atoms with Crippen LogP contribution in [0.3, 0.4) is 0 Å². The molecule has 3 rings (SSSR count). The second-order valence-corrected chi connectivity index (χ2v) is 10.9. The van der Waals surface area contributed by atoms with E-state index >= 15 is 0 Å². The molecule has 0 heterocycles. The van der Waals surface area contributed by atoms with Crippen molar-refractivity contribution in [1.29, 1.82) is 0 Å². The fourth-order valence-electron chi connectivity index (χ4n) is 3.87. The van der Waals surface area contributed by atoms with E-state index in [1.54, 1.807) is 37.3 Å². The lowest BCUT2D eigenvalue weighted by Gasteiger charge is -2.31. The van der Waals surface area contributed by atoms with Crippen molar-refractivity contribution in [2.45, 2.75) is 32.6 Å². The number of methoxy groups -OCH3 is 1. The zero-order valence-electron chi connectivity index (χ0n) is 21.6. The molecule has 8 nitrogen and oxygen atoms in total. The Morgan fingerprint density at radius 1 is 0.921 bits per heavy atom. The highest BCUT2D eigenvalue weighted by Gasteiger charge is 2.30. The Hall–Kier alpha value is -3.76. The Kier molecular flexibility index (Phi) is 9.98.